The van der Waals surface area contributed by atoms with E-state index in [1.807, 2.05) is 36.4 Å². The summed E-state index contributed by atoms with van der Waals surface area (Å²) in [5, 5.41) is 20.9. The minimum absolute atomic E-state index is 0.0325. The van der Waals surface area contributed by atoms with E-state index in [-0.39, 0.29) is 18.8 Å². The number of nitrogens with two attached hydrogens (primary N) is 2. The van der Waals surface area contributed by atoms with Crippen LogP contribution in [0.4, 0.5) is 0 Å². The highest BCUT2D eigenvalue weighted by Crippen LogP contribution is 2.11. The van der Waals surface area contributed by atoms with E-state index in [2.05, 4.69) is 5.32 Å². The zero-order chi connectivity index (χ0) is 22.6. The van der Waals surface area contributed by atoms with E-state index in [0.29, 0.717) is 12.2 Å². The van der Waals surface area contributed by atoms with Gasteiger partial charge < -0.3 is 26.6 Å². The molecule has 1 amide bonds. The topological polar surface area (TPSA) is 151 Å². The Bertz CT molecular complexity index is 923. The molecule has 0 heterocycles. The van der Waals surface area contributed by atoms with Gasteiger partial charge in [0.25, 0.3) is 0 Å². The number of amides is 1. The van der Waals surface area contributed by atoms with Gasteiger partial charge in [-0.25, -0.2) is 0 Å². The van der Waals surface area contributed by atoms with Crippen molar-refractivity contribution in [3.8, 4) is 11.8 Å². The first-order valence-electron chi connectivity index (χ1n) is 9.73. The summed E-state index contributed by atoms with van der Waals surface area (Å²) < 4.78 is 5.48. The number of ketones is 1. The van der Waals surface area contributed by atoms with Crippen LogP contribution in [0.1, 0.15) is 17.5 Å². The van der Waals surface area contributed by atoms with E-state index in [1.54, 1.807) is 18.2 Å². The Morgan fingerprint density at radius 2 is 1.81 bits per heavy atom. The molecule has 8 nitrogen and oxygen atoms in total. The molecule has 31 heavy (non-hydrogen) atoms. The molecule has 0 bridgehead atoms. The van der Waals surface area contributed by atoms with Crippen molar-refractivity contribution >= 4 is 17.8 Å². The van der Waals surface area contributed by atoms with E-state index in [1.165, 1.54) is 18.2 Å². The highest BCUT2D eigenvalue weighted by atomic mass is 16.5. The van der Waals surface area contributed by atoms with Gasteiger partial charge in [0.2, 0.25) is 5.91 Å². The Morgan fingerprint density at radius 1 is 1.13 bits per heavy atom. The van der Waals surface area contributed by atoms with Crippen molar-refractivity contribution in [2.45, 2.75) is 31.2 Å². The van der Waals surface area contributed by atoms with Gasteiger partial charge in [0, 0.05) is 6.42 Å². The van der Waals surface area contributed by atoms with Gasteiger partial charge in [-0.05, 0) is 29.3 Å². The SMILES string of the molecule is N#CC(N)CC(NC(=O)[C@H](N)COCc1ccccc1)C(=O)/C=C/c1ccc(O)cc1. The van der Waals surface area contributed by atoms with Crippen molar-refractivity contribution in [2.75, 3.05) is 6.61 Å². The summed E-state index contributed by atoms with van der Waals surface area (Å²) in [5.74, 6) is -0.892. The summed E-state index contributed by atoms with van der Waals surface area (Å²) in [4.78, 5) is 25.0. The normalized spacial score (nSPS) is 13.8. The van der Waals surface area contributed by atoms with Crippen LogP contribution in [0.3, 0.4) is 0 Å². The van der Waals surface area contributed by atoms with Gasteiger partial charge in [-0.3, -0.25) is 9.59 Å². The number of aromatic hydroxyl groups is 1. The van der Waals surface area contributed by atoms with E-state index in [0.717, 1.165) is 5.56 Å². The van der Waals surface area contributed by atoms with Crippen molar-refractivity contribution in [1.82, 2.24) is 5.32 Å². The van der Waals surface area contributed by atoms with Gasteiger partial charge in [-0.2, -0.15) is 5.26 Å². The molecule has 0 aliphatic carbocycles. The summed E-state index contributed by atoms with van der Waals surface area (Å²) in [5.41, 5.74) is 13.2. The molecule has 3 atom stereocenters. The minimum Gasteiger partial charge on any atom is -0.508 e. The van der Waals surface area contributed by atoms with Gasteiger partial charge in [-0.1, -0.05) is 48.5 Å². The van der Waals surface area contributed by atoms with E-state index in [9.17, 15) is 14.7 Å². The first kappa shape index (κ1) is 23.8. The fourth-order valence-corrected chi connectivity index (χ4v) is 2.67. The lowest BCUT2D eigenvalue weighted by molar-refractivity contribution is -0.128. The monoisotopic (exact) mass is 422 g/mol. The third kappa shape index (κ3) is 8.40. The first-order chi connectivity index (χ1) is 14.9. The second-order valence-corrected chi connectivity index (χ2v) is 6.97. The predicted molar refractivity (Wildman–Crippen MR) is 116 cm³/mol. The van der Waals surface area contributed by atoms with Crippen LogP contribution < -0.4 is 16.8 Å². The standard InChI is InChI=1S/C23H26N4O4/c24-13-18(25)12-21(22(29)11-8-16-6-9-19(28)10-7-16)27-23(30)20(26)15-31-14-17-4-2-1-3-5-17/h1-11,18,20-21,28H,12,14-15,25-26H2,(H,27,30)/b11-8+/t18?,20-,21?/m1/s1. The van der Waals surface area contributed by atoms with Crippen LogP contribution in [0.25, 0.3) is 6.08 Å². The molecule has 0 aliphatic rings. The molecule has 2 aromatic carbocycles. The molecular weight excluding hydrogens is 396 g/mol. The van der Waals surface area contributed by atoms with Crippen molar-refractivity contribution in [3.63, 3.8) is 0 Å². The number of phenolic OH excluding ortho intramolecular Hbond substituents is 1. The third-order valence-corrected chi connectivity index (χ3v) is 4.39. The van der Waals surface area contributed by atoms with Gasteiger partial charge in [0.05, 0.1) is 31.4 Å². The fraction of sp³-hybridized carbons (Fsp3) is 0.261. The lowest BCUT2D eigenvalue weighted by atomic mass is 10.0. The molecule has 0 aromatic heterocycles. The molecule has 6 N–H and O–H groups in total. The largest absolute Gasteiger partial charge is 0.508 e. The number of hydrogen-bond acceptors (Lipinski definition) is 7. The van der Waals surface area contributed by atoms with Gasteiger partial charge >= 0.3 is 0 Å². The second-order valence-electron chi connectivity index (χ2n) is 6.97. The predicted octanol–water partition coefficient (Wildman–Crippen LogP) is 1.24. The summed E-state index contributed by atoms with van der Waals surface area (Å²) in [6, 6.07) is 14.6. The maximum Gasteiger partial charge on any atom is 0.239 e. The Hall–Kier alpha value is -3.51. The lowest BCUT2D eigenvalue weighted by Crippen LogP contribution is -2.51. The number of nitrogens with one attached hydrogen (secondary N) is 1. The molecule has 2 aromatic rings. The maximum atomic E-state index is 12.6. The van der Waals surface area contributed by atoms with Crippen LogP contribution in [0.5, 0.6) is 5.75 Å². The van der Waals surface area contributed by atoms with Crippen LogP contribution in [0.2, 0.25) is 0 Å². The molecule has 0 radical (unpaired) electrons. The van der Waals surface area contributed by atoms with E-state index < -0.39 is 29.8 Å². The molecule has 162 valence electrons. The molecule has 0 spiro atoms. The van der Waals surface area contributed by atoms with Gasteiger partial charge in [-0.15, -0.1) is 0 Å². The van der Waals surface area contributed by atoms with E-state index in [4.69, 9.17) is 21.5 Å². The van der Waals surface area contributed by atoms with Crippen molar-refractivity contribution < 1.29 is 19.4 Å². The Kier molecular flexibility index (Phi) is 9.39. The van der Waals surface area contributed by atoms with Gasteiger partial charge in [0.1, 0.15) is 11.8 Å². The molecule has 0 saturated carbocycles. The average Bonchev–Trinajstić information content (AvgIpc) is 2.78. The Labute approximate surface area is 181 Å². The minimum atomic E-state index is -1.00. The number of rotatable bonds is 11. The smallest absolute Gasteiger partial charge is 0.239 e. The number of carbonyl (C=O) groups excluding carboxylic acids is 2. The maximum absolute atomic E-state index is 12.6. The lowest BCUT2D eigenvalue weighted by Gasteiger charge is -2.20. The number of carbonyl (C=O) groups is 2. The zero-order valence-corrected chi connectivity index (χ0v) is 17.0. The molecule has 0 saturated heterocycles. The van der Waals surface area contributed by atoms with Crippen LogP contribution >= 0.6 is 0 Å². The fourth-order valence-electron chi connectivity index (χ4n) is 2.67. The summed E-state index contributed by atoms with van der Waals surface area (Å²) in [6.45, 7) is 0.272. The van der Waals surface area contributed by atoms with Crippen LogP contribution in [-0.4, -0.2) is 41.5 Å². The average molecular weight is 422 g/mol. The van der Waals surface area contributed by atoms with Gasteiger partial charge in [0.15, 0.2) is 5.78 Å². The van der Waals surface area contributed by atoms with Crippen LogP contribution in [0.15, 0.2) is 60.7 Å². The van der Waals surface area contributed by atoms with E-state index >= 15 is 0 Å². The Balaban J connectivity index is 1.94. The quantitative estimate of drug-likeness (QED) is 0.398. The number of phenols is 1. The van der Waals surface area contributed by atoms with Crippen LogP contribution in [-0.2, 0) is 20.9 Å². The molecule has 2 rings (SSSR count). The molecule has 0 aliphatic heterocycles. The third-order valence-electron chi connectivity index (χ3n) is 4.39. The van der Waals surface area contributed by atoms with Crippen LogP contribution in [0, 0.1) is 11.3 Å². The number of hydrogen-bond donors (Lipinski definition) is 4. The van der Waals surface area contributed by atoms with Crippen molar-refractivity contribution in [3.05, 3.63) is 71.8 Å². The number of benzene rings is 2. The van der Waals surface area contributed by atoms with Crippen molar-refractivity contribution in [1.29, 1.82) is 5.26 Å². The highest BCUT2D eigenvalue weighted by Gasteiger charge is 2.24. The number of nitrogens with zero attached hydrogens (tertiary/aromatic N) is 1. The molecule has 8 heteroatoms. The molecular formula is C23H26N4O4. The second kappa shape index (κ2) is 12.2. The first-order valence-corrected chi connectivity index (χ1v) is 9.73. The zero-order valence-electron chi connectivity index (χ0n) is 17.0. The van der Waals surface area contributed by atoms with Crippen molar-refractivity contribution in [2.24, 2.45) is 11.5 Å². The summed E-state index contributed by atoms with van der Waals surface area (Å²) in [6.07, 6.45) is 2.78. The summed E-state index contributed by atoms with van der Waals surface area (Å²) >= 11 is 0. The Morgan fingerprint density at radius 3 is 2.45 bits per heavy atom. The number of nitriles is 1. The highest BCUT2D eigenvalue weighted by molar-refractivity contribution is 6.00. The molecule has 2 unspecified atom stereocenters. The summed E-state index contributed by atoms with van der Waals surface area (Å²) in [7, 11) is 0. The number of ether oxygens (including phenoxy) is 1. The molecule has 0 fully saturated rings.